The summed E-state index contributed by atoms with van der Waals surface area (Å²) >= 11 is 0. The Bertz CT molecular complexity index is 1080. The first-order valence-corrected chi connectivity index (χ1v) is 11.0. The first-order chi connectivity index (χ1) is 15.6. The number of nitrogens with one attached hydrogen (secondary N) is 2. The molecule has 1 aliphatic rings. The summed E-state index contributed by atoms with van der Waals surface area (Å²) in [4.78, 5) is 18.8. The highest BCUT2D eigenvalue weighted by Crippen LogP contribution is 2.35. The third-order valence-corrected chi connectivity index (χ3v) is 5.70. The van der Waals surface area contributed by atoms with E-state index in [1.165, 1.54) is 0 Å². The Hall–Kier alpha value is -3.32. The van der Waals surface area contributed by atoms with Crippen LogP contribution >= 0.6 is 0 Å². The Kier molecular flexibility index (Phi) is 6.75. The number of rotatable bonds is 8. The zero-order valence-electron chi connectivity index (χ0n) is 18.9. The van der Waals surface area contributed by atoms with Gasteiger partial charge in [0.15, 0.2) is 0 Å². The van der Waals surface area contributed by atoms with E-state index in [4.69, 9.17) is 14.5 Å². The van der Waals surface area contributed by atoms with Crippen LogP contribution in [0, 0.1) is 0 Å². The Morgan fingerprint density at radius 1 is 1.16 bits per heavy atom. The van der Waals surface area contributed by atoms with Crippen molar-refractivity contribution < 1.29 is 14.3 Å². The molecule has 0 spiro atoms. The van der Waals surface area contributed by atoms with E-state index in [1.807, 2.05) is 43.4 Å². The first kappa shape index (κ1) is 21.9. The molecule has 3 aromatic rings. The molecule has 1 atom stereocenters. The third-order valence-electron chi connectivity index (χ3n) is 5.70. The van der Waals surface area contributed by atoms with E-state index in [0.29, 0.717) is 6.61 Å². The van der Waals surface area contributed by atoms with Gasteiger partial charge < -0.3 is 25.0 Å². The number of likely N-dealkylation sites (N-methyl/N-ethyl adjacent to an activating group) is 1. The SMILES string of the molecule is CNCCOc1ccc(-c2cc(N3CCC(NC(C)=O)C3)c3ccc(OC)cc3n2)cc1. The molecule has 0 saturated carbocycles. The smallest absolute Gasteiger partial charge is 0.217 e. The Morgan fingerprint density at radius 3 is 2.66 bits per heavy atom. The van der Waals surface area contributed by atoms with Crippen molar-refractivity contribution in [2.75, 3.05) is 45.3 Å². The van der Waals surface area contributed by atoms with Crippen LogP contribution in [0.2, 0.25) is 0 Å². The standard InChI is InChI=1S/C25H30N4O3/c1-17(30)27-19-10-12-29(16-19)25-15-23(28-24-14-21(31-3)8-9-22(24)25)18-4-6-20(7-5-18)32-13-11-26-2/h4-9,14-15,19,26H,10-13,16H2,1-3H3,(H,27,30). The Labute approximate surface area is 188 Å². The maximum absolute atomic E-state index is 11.5. The van der Waals surface area contributed by atoms with Crippen LogP contribution in [0.25, 0.3) is 22.2 Å². The summed E-state index contributed by atoms with van der Waals surface area (Å²) in [5.41, 5.74) is 3.92. The van der Waals surface area contributed by atoms with Crippen LogP contribution < -0.4 is 25.0 Å². The predicted molar refractivity (Wildman–Crippen MR) is 128 cm³/mol. The molecule has 168 valence electrons. The summed E-state index contributed by atoms with van der Waals surface area (Å²) in [6, 6.07) is 16.3. The maximum atomic E-state index is 11.5. The van der Waals surface area contributed by atoms with E-state index in [0.717, 1.165) is 65.4 Å². The molecule has 1 saturated heterocycles. The summed E-state index contributed by atoms with van der Waals surface area (Å²) in [6.45, 7) is 4.66. The molecular weight excluding hydrogens is 404 g/mol. The number of ether oxygens (including phenoxy) is 2. The summed E-state index contributed by atoms with van der Waals surface area (Å²) in [7, 11) is 3.57. The molecule has 2 heterocycles. The minimum absolute atomic E-state index is 0.0129. The highest BCUT2D eigenvalue weighted by atomic mass is 16.5. The molecule has 7 nitrogen and oxygen atoms in total. The van der Waals surface area contributed by atoms with E-state index in [2.05, 4.69) is 27.7 Å². The van der Waals surface area contributed by atoms with Crippen molar-refractivity contribution in [1.82, 2.24) is 15.6 Å². The number of fused-ring (bicyclic) bond motifs is 1. The molecule has 1 aliphatic heterocycles. The van der Waals surface area contributed by atoms with Crippen molar-refractivity contribution in [2.45, 2.75) is 19.4 Å². The molecule has 2 aromatic carbocycles. The average molecular weight is 435 g/mol. The lowest BCUT2D eigenvalue weighted by molar-refractivity contribution is -0.119. The fourth-order valence-electron chi connectivity index (χ4n) is 4.10. The minimum Gasteiger partial charge on any atom is -0.497 e. The number of benzene rings is 2. The zero-order valence-corrected chi connectivity index (χ0v) is 18.9. The molecule has 0 radical (unpaired) electrons. The Morgan fingerprint density at radius 2 is 1.94 bits per heavy atom. The molecule has 1 fully saturated rings. The fourth-order valence-corrected chi connectivity index (χ4v) is 4.10. The van der Waals surface area contributed by atoms with Gasteiger partial charge in [-0.1, -0.05) is 0 Å². The van der Waals surface area contributed by atoms with Crippen molar-refractivity contribution >= 4 is 22.5 Å². The lowest BCUT2D eigenvalue weighted by Crippen LogP contribution is -2.35. The van der Waals surface area contributed by atoms with Gasteiger partial charge in [0.25, 0.3) is 0 Å². The van der Waals surface area contributed by atoms with Crippen molar-refractivity contribution in [1.29, 1.82) is 0 Å². The third kappa shape index (κ3) is 4.94. The van der Waals surface area contributed by atoms with Crippen LogP contribution in [0.4, 0.5) is 5.69 Å². The number of methoxy groups -OCH3 is 1. The number of hydrogen-bond donors (Lipinski definition) is 2. The van der Waals surface area contributed by atoms with E-state index < -0.39 is 0 Å². The van der Waals surface area contributed by atoms with Crippen molar-refractivity contribution in [3.8, 4) is 22.8 Å². The van der Waals surface area contributed by atoms with E-state index >= 15 is 0 Å². The molecule has 7 heteroatoms. The van der Waals surface area contributed by atoms with E-state index in [-0.39, 0.29) is 11.9 Å². The van der Waals surface area contributed by atoms with Gasteiger partial charge in [-0.15, -0.1) is 0 Å². The molecule has 1 unspecified atom stereocenters. The predicted octanol–water partition coefficient (Wildman–Crippen LogP) is 3.22. The number of pyridine rings is 1. The molecule has 1 aromatic heterocycles. The van der Waals surface area contributed by atoms with E-state index in [9.17, 15) is 4.79 Å². The number of carbonyl (C=O) groups is 1. The number of anilines is 1. The van der Waals surface area contributed by atoms with Gasteiger partial charge in [-0.2, -0.15) is 0 Å². The minimum atomic E-state index is 0.0129. The molecule has 4 rings (SSSR count). The largest absolute Gasteiger partial charge is 0.497 e. The van der Waals surface area contributed by atoms with Crippen molar-refractivity contribution in [2.24, 2.45) is 0 Å². The summed E-state index contributed by atoms with van der Waals surface area (Å²) in [5.74, 6) is 1.63. The molecule has 1 amide bonds. The summed E-state index contributed by atoms with van der Waals surface area (Å²) < 4.78 is 11.2. The number of aromatic nitrogens is 1. The van der Waals surface area contributed by atoms with Gasteiger partial charge in [-0.3, -0.25) is 4.79 Å². The highest BCUT2D eigenvalue weighted by molar-refractivity contribution is 5.95. The highest BCUT2D eigenvalue weighted by Gasteiger charge is 2.25. The number of hydrogen-bond acceptors (Lipinski definition) is 6. The van der Waals surface area contributed by atoms with Gasteiger partial charge in [0.05, 0.1) is 18.3 Å². The average Bonchev–Trinajstić information content (AvgIpc) is 3.26. The number of carbonyl (C=O) groups excluding carboxylic acids is 1. The first-order valence-electron chi connectivity index (χ1n) is 11.0. The van der Waals surface area contributed by atoms with Crippen LogP contribution in [0.15, 0.2) is 48.5 Å². The maximum Gasteiger partial charge on any atom is 0.217 e. The van der Waals surface area contributed by atoms with E-state index in [1.54, 1.807) is 14.0 Å². The van der Waals surface area contributed by atoms with Gasteiger partial charge in [-0.05, 0) is 55.9 Å². The summed E-state index contributed by atoms with van der Waals surface area (Å²) in [6.07, 6.45) is 0.924. The van der Waals surface area contributed by atoms with Crippen LogP contribution in [-0.2, 0) is 4.79 Å². The molecule has 0 aliphatic carbocycles. The van der Waals surface area contributed by atoms with Crippen LogP contribution in [0.3, 0.4) is 0 Å². The van der Waals surface area contributed by atoms with Gasteiger partial charge in [0.2, 0.25) is 5.91 Å². The fraction of sp³-hybridized carbons (Fsp3) is 0.360. The topological polar surface area (TPSA) is 75.7 Å². The van der Waals surface area contributed by atoms with Crippen LogP contribution in [0.1, 0.15) is 13.3 Å². The quantitative estimate of drug-likeness (QED) is 0.530. The summed E-state index contributed by atoms with van der Waals surface area (Å²) in [5, 5.41) is 7.20. The second-order valence-corrected chi connectivity index (χ2v) is 8.02. The molecular formula is C25H30N4O3. The zero-order chi connectivity index (χ0) is 22.5. The lowest BCUT2D eigenvalue weighted by atomic mass is 10.1. The van der Waals surface area contributed by atoms with Gasteiger partial charge in [-0.25, -0.2) is 4.98 Å². The van der Waals surface area contributed by atoms with Crippen molar-refractivity contribution in [3.05, 3.63) is 48.5 Å². The van der Waals surface area contributed by atoms with Crippen LogP contribution in [0.5, 0.6) is 11.5 Å². The van der Waals surface area contributed by atoms with Gasteiger partial charge in [0, 0.05) is 55.3 Å². The normalized spacial score (nSPS) is 15.7. The lowest BCUT2D eigenvalue weighted by Gasteiger charge is -2.22. The Balaban J connectivity index is 1.68. The monoisotopic (exact) mass is 434 g/mol. The van der Waals surface area contributed by atoms with Crippen LogP contribution in [-0.4, -0.2) is 57.3 Å². The molecule has 2 N–H and O–H groups in total. The van der Waals surface area contributed by atoms with Crippen molar-refractivity contribution in [3.63, 3.8) is 0 Å². The number of nitrogens with zero attached hydrogens (tertiary/aromatic N) is 2. The second-order valence-electron chi connectivity index (χ2n) is 8.02. The molecule has 0 bridgehead atoms. The number of amides is 1. The van der Waals surface area contributed by atoms with Gasteiger partial charge in [0.1, 0.15) is 18.1 Å². The van der Waals surface area contributed by atoms with Gasteiger partial charge >= 0.3 is 0 Å². The molecule has 32 heavy (non-hydrogen) atoms. The second kappa shape index (κ2) is 9.87.